The third kappa shape index (κ3) is 4.83. The van der Waals surface area contributed by atoms with Crippen molar-refractivity contribution in [2.45, 2.75) is 23.8 Å². The lowest BCUT2D eigenvalue weighted by Crippen LogP contribution is -2.32. The van der Waals surface area contributed by atoms with Crippen molar-refractivity contribution in [2.24, 2.45) is 0 Å². The fourth-order valence-electron chi connectivity index (χ4n) is 3.17. The molecule has 160 valence electrons. The van der Waals surface area contributed by atoms with Gasteiger partial charge in [0.25, 0.3) is 0 Å². The van der Waals surface area contributed by atoms with Crippen LogP contribution in [0.3, 0.4) is 0 Å². The number of hydrogen-bond acceptors (Lipinski definition) is 6. The van der Waals surface area contributed by atoms with Crippen molar-refractivity contribution >= 4 is 40.2 Å². The predicted octanol–water partition coefficient (Wildman–Crippen LogP) is 3.65. The van der Waals surface area contributed by atoms with Gasteiger partial charge in [-0.2, -0.15) is 4.68 Å². The molecule has 10 heteroatoms. The second kappa shape index (κ2) is 9.40. The average molecular weight is 457 g/mol. The number of nitrogens with one attached hydrogen (secondary N) is 2. The van der Waals surface area contributed by atoms with E-state index in [0.29, 0.717) is 16.7 Å². The first kappa shape index (κ1) is 21.2. The first-order valence-electron chi connectivity index (χ1n) is 9.68. The van der Waals surface area contributed by atoms with E-state index in [-0.39, 0.29) is 11.2 Å². The molecule has 0 saturated carbocycles. The Hall–Kier alpha value is -3.04. The zero-order valence-corrected chi connectivity index (χ0v) is 18.6. The van der Waals surface area contributed by atoms with Gasteiger partial charge in [-0.3, -0.25) is 4.79 Å². The first-order valence-corrected chi connectivity index (χ1v) is 10.9. The molecule has 2 aromatic carbocycles. The van der Waals surface area contributed by atoms with Gasteiger partial charge in [0.05, 0.1) is 18.0 Å². The number of nitrogens with zero attached hydrogens (tertiary/aromatic N) is 4. The van der Waals surface area contributed by atoms with Crippen molar-refractivity contribution in [3.8, 4) is 11.4 Å². The standard InChI is InChI=1S/C21H21ClN6O2S/c1-13(31-21-25-26-27-28(21)16-5-3-15(22)4-6-16)20(29)23-10-9-14-12-24-19-11-17(30-2)7-8-18(14)19/h3-8,11-13,24H,9-10H2,1-2H3,(H,23,29)/t13-/m1/s1. The number of aromatic amines is 1. The Labute approximate surface area is 188 Å². The Kier molecular flexibility index (Phi) is 6.43. The molecule has 2 N–H and O–H groups in total. The van der Waals surface area contributed by atoms with Gasteiger partial charge in [-0.05, 0) is 65.7 Å². The van der Waals surface area contributed by atoms with Gasteiger partial charge in [-0.25, -0.2) is 0 Å². The molecule has 0 aliphatic rings. The van der Waals surface area contributed by atoms with E-state index in [4.69, 9.17) is 16.3 Å². The SMILES string of the molecule is COc1ccc2c(CCNC(=O)[C@@H](C)Sc3nnnn3-c3ccc(Cl)cc3)c[nH]c2c1. The minimum Gasteiger partial charge on any atom is -0.497 e. The van der Waals surface area contributed by atoms with Gasteiger partial charge < -0.3 is 15.0 Å². The predicted molar refractivity (Wildman–Crippen MR) is 121 cm³/mol. The highest BCUT2D eigenvalue weighted by Gasteiger charge is 2.19. The highest BCUT2D eigenvalue weighted by atomic mass is 35.5. The summed E-state index contributed by atoms with van der Waals surface area (Å²) in [5.41, 5.74) is 2.93. The van der Waals surface area contributed by atoms with Crippen molar-refractivity contribution in [3.05, 3.63) is 59.2 Å². The van der Waals surface area contributed by atoms with Crippen LogP contribution < -0.4 is 10.1 Å². The third-order valence-corrected chi connectivity index (χ3v) is 6.12. The van der Waals surface area contributed by atoms with Crippen molar-refractivity contribution in [1.29, 1.82) is 0 Å². The molecule has 8 nitrogen and oxygen atoms in total. The van der Waals surface area contributed by atoms with Crippen LogP contribution in [-0.2, 0) is 11.2 Å². The molecule has 31 heavy (non-hydrogen) atoms. The van der Waals surface area contributed by atoms with Crippen molar-refractivity contribution in [1.82, 2.24) is 30.5 Å². The van der Waals surface area contributed by atoms with E-state index in [9.17, 15) is 4.79 Å². The summed E-state index contributed by atoms with van der Waals surface area (Å²) in [6.45, 7) is 2.36. The lowest BCUT2D eigenvalue weighted by Gasteiger charge is -2.11. The van der Waals surface area contributed by atoms with Crippen LogP contribution >= 0.6 is 23.4 Å². The minimum atomic E-state index is -0.357. The number of halogens is 1. The summed E-state index contributed by atoms with van der Waals surface area (Å²) in [5.74, 6) is 0.734. The molecule has 0 radical (unpaired) electrons. The number of tetrazole rings is 1. The van der Waals surface area contributed by atoms with Crippen molar-refractivity contribution in [2.75, 3.05) is 13.7 Å². The van der Waals surface area contributed by atoms with Gasteiger partial charge in [0.15, 0.2) is 0 Å². The average Bonchev–Trinajstić information content (AvgIpc) is 3.40. The fraction of sp³-hybridized carbons (Fsp3) is 0.238. The largest absolute Gasteiger partial charge is 0.497 e. The molecule has 4 rings (SSSR count). The van der Waals surface area contributed by atoms with Gasteiger partial charge in [0, 0.05) is 34.7 Å². The zero-order chi connectivity index (χ0) is 21.8. The summed E-state index contributed by atoms with van der Waals surface area (Å²) in [4.78, 5) is 15.8. The number of fused-ring (bicyclic) bond motifs is 1. The number of aromatic nitrogens is 5. The highest BCUT2D eigenvalue weighted by Crippen LogP contribution is 2.25. The molecule has 0 spiro atoms. The van der Waals surface area contributed by atoms with Crippen LogP contribution in [0.5, 0.6) is 5.75 Å². The second-order valence-electron chi connectivity index (χ2n) is 6.88. The van der Waals surface area contributed by atoms with Crippen LogP contribution in [0.15, 0.2) is 53.8 Å². The van der Waals surface area contributed by atoms with Crippen LogP contribution in [0.2, 0.25) is 5.02 Å². The first-order chi connectivity index (χ1) is 15.0. The molecule has 2 aromatic heterocycles. The molecular formula is C21H21ClN6O2S. The lowest BCUT2D eigenvalue weighted by molar-refractivity contribution is -0.120. The summed E-state index contributed by atoms with van der Waals surface area (Å²) < 4.78 is 6.84. The molecule has 1 amide bonds. The Bertz CT molecular complexity index is 1190. The van der Waals surface area contributed by atoms with Crippen molar-refractivity contribution < 1.29 is 9.53 Å². The number of ether oxygens (including phenoxy) is 1. The summed E-state index contributed by atoms with van der Waals surface area (Å²) in [5, 5.41) is 16.7. The van der Waals surface area contributed by atoms with Gasteiger partial charge >= 0.3 is 0 Å². The van der Waals surface area contributed by atoms with E-state index >= 15 is 0 Å². The van der Waals surface area contributed by atoms with Crippen LogP contribution in [0, 0.1) is 0 Å². The molecule has 0 unspecified atom stereocenters. The molecule has 0 aliphatic carbocycles. The Balaban J connectivity index is 1.34. The lowest BCUT2D eigenvalue weighted by atomic mass is 10.1. The molecule has 0 saturated heterocycles. The normalized spacial score (nSPS) is 12.1. The van der Waals surface area contributed by atoms with Crippen LogP contribution in [0.4, 0.5) is 0 Å². The smallest absolute Gasteiger partial charge is 0.233 e. The van der Waals surface area contributed by atoms with Crippen LogP contribution in [-0.4, -0.2) is 50.0 Å². The quantitative estimate of drug-likeness (QED) is 0.393. The minimum absolute atomic E-state index is 0.0721. The highest BCUT2D eigenvalue weighted by molar-refractivity contribution is 8.00. The van der Waals surface area contributed by atoms with Crippen LogP contribution in [0.25, 0.3) is 16.6 Å². The Morgan fingerprint density at radius 1 is 1.29 bits per heavy atom. The van der Waals surface area contributed by atoms with E-state index in [1.807, 2.05) is 43.5 Å². The number of thioether (sulfide) groups is 1. The maximum Gasteiger partial charge on any atom is 0.233 e. The maximum absolute atomic E-state index is 12.6. The number of carbonyl (C=O) groups is 1. The van der Waals surface area contributed by atoms with E-state index < -0.39 is 0 Å². The van der Waals surface area contributed by atoms with E-state index in [1.54, 1.807) is 23.9 Å². The number of benzene rings is 2. The number of H-pyrrole nitrogens is 1. The van der Waals surface area contributed by atoms with E-state index in [1.165, 1.54) is 11.8 Å². The fourth-order valence-corrected chi connectivity index (χ4v) is 4.13. The number of rotatable bonds is 8. The summed E-state index contributed by atoms with van der Waals surface area (Å²) >= 11 is 7.24. The zero-order valence-electron chi connectivity index (χ0n) is 17.0. The van der Waals surface area contributed by atoms with Crippen LogP contribution in [0.1, 0.15) is 12.5 Å². The summed E-state index contributed by atoms with van der Waals surface area (Å²) in [7, 11) is 1.65. The number of carbonyl (C=O) groups excluding carboxylic acids is 1. The van der Waals surface area contributed by atoms with Crippen molar-refractivity contribution in [3.63, 3.8) is 0 Å². The summed E-state index contributed by atoms with van der Waals surface area (Å²) in [6, 6.07) is 13.1. The number of amides is 1. The summed E-state index contributed by atoms with van der Waals surface area (Å²) in [6.07, 6.45) is 2.69. The van der Waals surface area contributed by atoms with Gasteiger partial charge in [-0.1, -0.05) is 23.4 Å². The molecule has 0 bridgehead atoms. The van der Waals surface area contributed by atoms with Gasteiger partial charge in [-0.15, -0.1) is 5.10 Å². The van der Waals surface area contributed by atoms with Gasteiger partial charge in [0.1, 0.15) is 5.75 Å². The second-order valence-corrected chi connectivity index (χ2v) is 8.62. The van der Waals surface area contributed by atoms with Gasteiger partial charge in [0.2, 0.25) is 11.1 Å². The topological polar surface area (TPSA) is 97.7 Å². The molecule has 2 heterocycles. The number of hydrogen-bond donors (Lipinski definition) is 2. The Morgan fingerprint density at radius 2 is 2.10 bits per heavy atom. The number of methoxy groups -OCH3 is 1. The molecular weight excluding hydrogens is 436 g/mol. The molecule has 0 fully saturated rings. The molecule has 4 aromatic rings. The molecule has 1 atom stereocenters. The Morgan fingerprint density at radius 3 is 2.87 bits per heavy atom. The third-order valence-electron chi connectivity index (χ3n) is 4.83. The van der Waals surface area contributed by atoms with E-state index in [0.717, 1.165) is 34.3 Å². The molecule has 0 aliphatic heterocycles. The monoisotopic (exact) mass is 456 g/mol. The maximum atomic E-state index is 12.6. The van der Waals surface area contributed by atoms with E-state index in [2.05, 4.69) is 25.8 Å².